The van der Waals surface area contributed by atoms with E-state index in [0.29, 0.717) is 17.5 Å². The molecule has 4 aliphatic rings. The van der Waals surface area contributed by atoms with E-state index in [2.05, 4.69) is 66.3 Å². The second kappa shape index (κ2) is 8.22. The quantitative estimate of drug-likeness (QED) is 0.362. The highest BCUT2D eigenvalue weighted by molar-refractivity contribution is 5.40. The highest BCUT2D eigenvalue weighted by Crippen LogP contribution is 2.53. The number of methoxy groups -OCH3 is 1. The van der Waals surface area contributed by atoms with Gasteiger partial charge in [0.05, 0.1) is 5.60 Å². The van der Waals surface area contributed by atoms with E-state index in [1.54, 1.807) is 11.1 Å². The molecule has 4 saturated carbocycles. The van der Waals surface area contributed by atoms with E-state index in [4.69, 9.17) is 4.74 Å². The zero-order valence-corrected chi connectivity index (χ0v) is 20.8. The van der Waals surface area contributed by atoms with E-state index in [1.165, 1.54) is 61.6 Å². The van der Waals surface area contributed by atoms with Crippen molar-refractivity contribution in [1.29, 1.82) is 0 Å². The molecule has 0 atom stereocenters. The second-order valence-electron chi connectivity index (χ2n) is 11.3. The average molecular weight is 445 g/mol. The topological polar surface area (TPSA) is 15.7 Å². The molecule has 0 radical (unpaired) electrons. The largest absolute Gasteiger partial charge is 0.374 e. The normalized spacial score (nSPS) is 22.7. The SMILES string of the molecule is CCC1(c2ccccc2CN(C2CC2)N(Cc2cc(C)ccc2C2(OC)CC2)C2CC2)CC1. The Labute approximate surface area is 200 Å². The van der Waals surface area contributed by atoms with Crippen molar-refractivity contribution in [2.45, 2.75) is 108 Å². The monoisotopic (exact) mass is 444 g/mol. The summed E-state index contributed by atoms with van der Waals surface area (Å²) in [4.78, 5) is 0. The van der Waals surface area contributed by atoms with Crippen molar-refractivity contribution >= 4 is 0 Å². The van der Waals surface area contributed by atoms with Gasteiger partial charge >= 0.3 is 0 Å². The summed E-state index contributed by atoms with van der Waals surface area (Å²) in [7, 11) is 1.89. The molecule has 0 bridgehead atoms. The molecule has 0 N–H and O–H groups in total. The third-order valence-corrected chi connectivity index (χ3v) is 8.90. The summed E-state index contributed by atoms with van der Waals surface area (Å²) in [6.07, 6.45) is 11.7. The smallest absolute Gasteiger partial charge is 0.0933 e. The maximum Gasteiger partial charge on any atom is 0.0933 e. The first-order valence-electron chi connectivity index (χ1n) is 13.3. The minimum atomic E-state index is -0.0330. The fraction of sp³-hybridized carbons (Fsp3) is 0.600. The van der Waals surface area contributed by atoms with Gasteiger partial charge in [-0.05, 0) is 92.4 Å². The van der Waals surface area contributed by atoms with Gasteiger partial charge in [0.1, 0.15) is 0 Å². The van der Waals surface area contributed by atoms with Crippen LogP contribution in [0, 0.1) is 6.92 Å². The molecule has 0 amide bonds. The Morgan fingerprint density at radius 1 is 0.818 bits per heavy atom. The standard InChI is InChI=1S/C30H40N2O/c1-4-29(15-16-29)27-8-6-5-7-23(27)20-31(25-10-11-25)32(26-12-13-26)21-24-19-22(2)9-14-28(24)30(33-3)17-18-30/h5-9,14,19,25-26H,4,10-13,15-18,20-21H2,1-3H3. The van der Waals surface area contributed by atoms with Crippen LogP contribution < -0.4 is 0 Å². The van der Waals surface area contributed by atoms with Crippen molar-refractivity contribution in [3.05, 3.63) is 70.3 Å². The molecular formula is C30H40N2O. The third kappa shape index (κ3) is 4.17. The fourth-order valence-electron chi connectivity index (χ4n) is 6.09. The van der Waals surface area contributed by atoms with Crippen molar-refractivity contribution < 1.29 is 4.74 Å². The zero-order valence-electron chi connectivity index (χ0n) is 20.8. The molecule has 0 aliphatic heterocycles. The molecule has 4 fully saturated rings. The first-order valence-corrected chi connectivity index (χ1v) is 13.3. The van der Waals surface area contributed by atoms with Gasteiger partial charge in [-0.3, -0.25) is 0 Å². The van der Waals surface area contributed by atoms with Gasteiger partial charge in [-0.25, -0.2) is 10.0 Å². The fourth-order valence-corrected chi connectivity index (χ4v) is 6.09. The van der Waals surface area contributed by atoms with Crippen LogP contribution in [-0.2, 0) is 28.8 Å². The Bertz CT molecular complexity index is 1010. The predicted octanol–water partition coefficient (Wildman–Crippen LogP) is 6.62. The summed E-state index contributed by atoms with van der Waals surface area (Å²) in [5.74, 6) is 0. The summed E-state index contributed by atoms with van der Waals surface area (Å²) in [6.45, 7) is 6.69. The van der Waals surface area contributed by atoms with E-state index >= 15 is 0 Å². The lowest BCUT2D eigenvalue weighted by Gasteiger charge is -2.37. The summed E-state index contributed by atoms with van der Waals surface area (Å²) in [6, 6.07) is 17.8. The molecule has 0 spiro atoms. The van der Waals surface area contributed by atoms with Crippen molar-refractivity contribution in [3.8, 4) is 0 Å². The van der Waals surface area contributed by atoms with E-state index in [0.717, 1.165) is 25.9 Å². The van der Waals surface area contributed by atoms with Gasteiger partial charge in [-0.2, -0.15) is 0 Å². The summed E-state index contributed by atoms with van der Waals surface area (Å²) in [5.41, 5.74) is 7.88. The third-order valence-electron chi connectivity index (χ3n) is 8.90. The van der Waals surface area contributed by atoms with Crippen LogP contribution in [0.2, 0.25) is 0 Å². The number of benzene rings is 2. The van der Waals surface area contributed by atoms with Crippen LogP contribution in [0.5, 0.6) is 0 Å². The van der Waals surface area contributed by atoms with Crippen molar-refractivity contribution in [3.63, 3.8) is 0 Å². The van der Waals surface area contributed by atoms with Crippen LogP contribution in [0.15, 0.2) is 42.5 Å². The second-order valence-corrected chi connectivity index (χ2v) is 11.3. The van der Waals surface area contributed by atoms with Crippen LogP contribution in [0.1, 0.15) is 92.5 Å². The van der Waals surface area contributed by atoms with E-state index in [9.17, 15) is 0 Å². The predicted molar refractivity (Wildman–Crippen MR) is 134 cm³/mol. The van der Waals surface area contributed by atoms with Crippen LogP contribution in [0.4, 0.5) is 0 Å². The molecule has 0 saturated heterocycles. The number of hydrogen-bond donors (Lipinski definition) is 0. The first-order chi connectivity index (χ1) is 16.1. The Morgan fingerprint density at radius 3 is 2.00 bits per heavy atom. The van der Waals surface area contributed by atoms with Gasteiger partial charge in [0.15, 0.2) is 0 Å². The van der Waals surface area contributed by atoms with Crippen LogP contribution >= 0.6 is 0 Å². The molecule has 6 rings (SSSR count). The molecule has 33 heavy (non-hydrogen) atoms. The van der Waals surface area contributed by atoms with Crippen LogP contribution in [0.3, 0.4) is 0 Å². The van der Waals surface area contributed by atoms with Gasteiger partial charge in [-0.15, -0.1) is 0 Å². The molecule has 3 heteroatoms. The lowest BCUT2D eigenvalue weighted by atomic mass is 9.89. The van der Waals surface area contributed by atoms with Crippen molar-refractivity contribution in [2.75, 3.05) is 7.11 Å². The number of ether oxygens (including phenoxy) is 1. The number of hydrazine groups is 1. The van der Waals surface area contributed by atoms with Gasteiger partial charge in [0, 0.05) is 32.3 Å². The summed E-state index contributed by atoms with van der Waals surface area (Å²) >= 11 is 0. The summed E-state index contributed by atoms with van der Waals surface area (Å²) in [5, 5.41) is 5.55. The number of nitrogens with zero attached hydrogens (tertiary/aromatic N) is 2. The van der Waals surface area contributed by atoms with Gasteiger partial charge in [-0.1, -0.05) is 55.0 Å². The molecular weight excluding hydrogens is 404 g/mol. The Morgan fingerprint density at radius 2 is 1.45 bits per heavy atom. The maximum absolute atomic E-state index is 6.03. The molecule has 0 heterocycles. The van der Waals surface area contributed by atoms with E-state index < -0.39 is 0 Å². The van der Waals surface area contributed by atoms with Crippen molar-refractivity contribution in [2.24, 2.45) is 0 Å². The number of hydrogen-bond acceptors (Lipinski definition) is 3. The highest BCUT2D eigenvalue weighted by Gasteiger charge is 2.48. The minimum Gasteiger partial charge on any atom is -0.374 e. The van der Waals surface area contributed by atoms with Gasteiger partial charge in [0.25, 0.3) is 0 Å². The number of rotatable bonds is 11. The average Bonchev–Trinajstić information content (AvgIpc) is 3.67. The molecule has 176 valence electrons. The first kappa shape index (κ1) is 21.8. The van der Waals surface area contributed by atoms with Gasteiger partial charge in [0.2, 0.25) is 0 Å². The number of aryl methyl sites for hydroxylation is 1. The lowest BCUT2D eigenvalue weighted by Crippen LogP contribution is -2.45. The van der Waals surface area contributed by atoms with Crippen molar-refractivity contribution in [1.82, 2.24) is 10.0 Å². The summed E-state index contributed by atoms with van der Waals surface area (Å²) < 4.78 is 6.03. The minimum absolute atomic E-state index is 0.0330. The molecule has 2 aromatic rings. The Hall–Kier alpha value is -1.68. The van der Waals surface area contributed by atoms with Crippen LogP contribution in [0.25, 0.3) is 0 Å². The van der Waals surface area contributed by atoms with E-state index in [1.807, 2.05) is 7.11 Å². The molecule has 0 aromatic heterocycles. The Balaban J connectivity index is 1.31. The van der Waals surface area contributed by atoms with E-state index in [-0.39, 0.29) is 5.60 Å². The molecule has 4 aliphatic carbocycles. The van der Waals surface area contributed by atoms with Gasteiger partial charge < -0.3 is 4.74 Å². The highest BCUT2D eigenvalue weighted by atomic mass is 16.5. The zero-order chi connectivity index (χ0) is 22.6. The lowest BCUT2D eigenvalue weighted by molar-refractivity contribution is -0.0584. The molecule has 2 aromatic carbocycles. The molecule has 0 unspecified atom stereocenters. The maximum atomic E-state index is 6.03. The molecule has 3 nitrogen and oxygen atoms in total. The van der Waals surface area contributed by atoms with Crippen LogP contribution in [-0.4, -0.2) is 29.2 Å². The Kier molecular flexibility index (Phi) is 5.44.